The number of methoxy groups -OCH3 is 1. The van der Waals surface area contributed by atoms with Gasteiger partial charge in [-0.25, -0.2) is 4.79 Å². The number of rotatable bonds is 4. The van der Waals surface area contributed by atoms with E-state index >= 15 is 0 Å². The number of hydrogen-bond donors (Lipinski definition) is 2. The number of allylic oxidation sites excluding steroid dienone is 1. The first kappa shape index (κ1) is 17.8. The van der Waals surface area contributed by atoms with Crippen LogP contribution in [-0.4, -0.2) is 49.3 Å². The molecule has 0 aromatic carbocycles. The molecule has 0 aromatic heterocycles. The Morgan fingerprint density at radius 3 is 2.96 bits per heavy atom. The zero-order chi connectivity index (χ0) is 18.5. The fourth-order valence-corrected chi connectivity index (χ4v) is 4.95. The van der Waals surface area contributed by atoms with Crippen molar-refractivity contribution < 1.29 is 28.8 Å². The lowest BCUT2D eigenvalue weighted by atomic mass is 9.79. The Hall–Kier alpha value is -1.57. The number of hydrogen-bond acceptors (Lipinski definition) is 7. The molecular formula is C19H27NO6. The minimum Gasteiger partial charge on any atom is -0.492 e. The average Bonchev–Trinajstić information content (AvgIpc) is 3.21. The van der Waals surface area contributed by atoms with Crippen molar-refractivity contribution in [2.45, 2.75) is 57.5 Å². The highest BCUT2D eigenvalue weighted by molar-refractivity contribution is 5.93. The molecule has 7 nitrogen and oxygen atoms in total. The van der Waals surface area contributed by atoms with Gasteiger partial charge in [0.1, 0.15) is 5.76 Å². The van der Waals surface area contributed by atoms with Gasteiger partial charge in [-0.15, -0.1) is 0 Å². The van der Waals surface area contributed by atoms with Crippen molar-refractivity contribution in [3.05, 3.63) is 22.9 Å². The van der Waals surface area contributed by atoms with E-state index in [1.54, 1.807) is 6.92 Å². The van der Waals surface area contributed by atoms with E-state index in [0.29, 0.717) is 35.7 Å². The van der Waals surface area contributed by atoms with Gasteiger partial charge in [0.05, 0.1) is 24.7 Å². The van der Waals surface area contributed by atoms with Crippen molar-refractivity contribution >= 4 is 5.97 Å². The zero-order valence-electron chi connectivity index (χ0n) is 15.5. The monoisotopic (exact) mass is 365 g/mol. The Morgan fingerprint density at radius 1 is 1.42 bits per heavy atom. The van der Waals surface area contributed by atoms with Crippen molar-refractivity contribution in [3.8, 4) is 0 Å². The number of aliphatic hydroxyl groups excluding tert-OH is 1. The number of ether oxygens (including phenoxy) is 4. The summed E-state index contributed by atoms with van der Waals surface area (Å²) in [6.07, 6.45) is 3.40. The highest BCUT2D eigenvalue weighted by Gasteiger charge is 2.64. The second-order valence-corrected chi connectivity index (χ2v) is 7.58. The molecule has 144 valence electrons. The highest BCUT2D eigenvalue weighted by atomic mass is 16.7. The first-order chi connectivity index (χ1) is 12.5. The molecule has 4 aliphatic rings. The van der Waals surface area contributed by atoms with Gasteiger partial charge in [-0.1, -0.05) is 6.92 Å². The Labute approximate surface area is 153 Å². The number of carbonyl (C=O) groups is 1. The van der Waals surface area contributed by atoms with Crippen LogP contribution in [-0.2, 0) is 23.7 Å². The molecule has 4 rings (SSSR count). The molecule has 0 aromatic rings. The van der Waals surface area contributed by atoms with Crippen molar-refractivity contribution in [2.24, 2.45) is 11.8 Å². The molecule has 0 amide bonds. The Balaban J connectivity index is 1.74. The van der Waals surface area contributed by atoms with Crippen molar-refractivity contribution in [1.82, 2.24) is 5.32 Å². The second kappa shape index (κ2) is 6.55. The van der Waals surface area contributed by atoms with Crippen LogP contribution in [0, 0.1) is 11.8 Å². The van der Waals surface area contributed by atoms with E-state index in [2.05, 4.69) is 12.2 Å². The molecule has 0 bridgehead atoms. The number of carbonyl (C=O) groups excluding carboxylic acids is 1. The summed E-state index contributed by atoms with van der Waals surface area (Å²) in [4.78, 5) is 12.0. The Kier molecular flexibility index (Phi) is 4.49. The SMILES string of the molecule is COC1=C(C)C(=O)O/C1=C1\O[C@@]2(CCCO)O[C@@H]3CCCN[C@@H]3[C@H]2[C@@H]1C. The third-order valence-electron chi connectivity index (χ3n) is 6.09. The first-order valence-electron chi connectivity index (χ1n) is 9.45. The maximum absolute atomic E-state index is 12.0. The van der Waals surface area contributed by atoms with Crippen LogP contribution in [0.2, 0.25) is 0 Å². The Bertz CT molecular complexity index is 671. The van der Waals surface area contributed by atoms with Crippen LogP contribution in [0.25, 0.3) is 0 Å². The molecule has 3 fully saturated rings. The average molecular weight is 365 g/mol. The van der Waals surface area contributed by atoms with Crippen LogP contribution in [0.15, 0.2) is 22.9 Å². The summed E-state index contributed by atoms with van der Waals surface area (Å²) >= 11 is 0. The van der Waals surface area contributed by atoms with E-state index in [1.807, 2.05) is 0 Å². The van der Waals surface area contributed by atoms with Crippen molar-refractivity contribution in [3.63, 3.8) is 0 Å². The van der Waals surface area contributed by atoms with Gasteiger partial charge in [0.2, 0.25) is 11.5 Å². The van der Waals surface area contributed by atoms with Gasteiger partial charge in [-0.2, -0.15) is 0 Å². The van der Waals surface area contributed by atoms with E-state index in [-0.39, 0.29) is 30.6 Å². The lowest BCUT2D eigenvalue weighted by Gasteiger charge is -2.29. The summed E-state index contributed by atoms with van der Waals surface area (Å²) in [5.74, 6) is 0.321. The third kappa shape index (κ3) is 2.48. The fraction of sp³-hybridized carbons (Fsp3) is 0.737. The van der Waals surface area contributed by atoms with Gasteiger partial charge in [0.15, 0.2) is 5.76 Å². The maximum atomic E-state index is 12.0. The fourth-order valence-electron chi connectivity index (χ4n) is 4.95. The van der Waals surface area contributed by atoms with Gasteiger partial charge in [0, 0.05) is 25.0 Å². The number of aliphatic hydroxyl groups is 1. The van der Waals surface area contributed by atoms with E-state index in [1.165, 1.54) is 7.11 Å². The minimum absolute atomic E-state index is 0.00754. The van der Waals surface area contributed by atoms with Crippen molar-refractivity contribution in [1.29, 1.82) is 0 Å². The number of piperidine rings is 1. The van der Waals surface area contributed by atoms with Gasteiger partial charge in [-0.3, -0.25) is 0 Å². The molecule has 26 heavy (non-hydrogen) atoms. The molecule has 4 heterocycles. The summed E-state index contributed by atoms with van der Waals surface area (Å²) in [6, 6.07) is 0.198. The molecule has 5 atom stereocenters. The lowest BCUT2D eigenvalue weighted by molar-refractivity contribution is -0.208. The van der Waals surface area contributed by atoms with Crippen LogP contribution in [0.3, 0.4) is 0 Å². The second-order valence-electron chi connectivity index (χ2n) is 7.58. The summed E-state index contributed by atoms with van der Waals surface area (Å²) in [5, 5.41) is 13.0. The van der Waals surface area contributed by atoms with E-state index in [4.69, 9.17) is 18.9 Å². The predicted molar refractivity (Wildman–Crippen MR) is 91.5 cm³/mol. The van der Waals surface area contributed by atoms with Gasteiger partial charge in [0.25, 0.3) is 0 Å². The van der Waals surface area contributed by atoms with Crippen LogP contribution in [0.1, 0.15) is 39.5 Å². The molecule has 0 saturated carbocycles. The molecule has 4 aliphatic heterocycles. The van der Waals surface area contributed by atoms with E-state index in [0.717, 1.165) is 19.4 Å². The minimum atomic E-state index is -0.793. The van der Waals surface area contributed by atoms with E-state index < -0.39 is 11.8 Å². The van der Waals surface area contributed by atoms with Gasteiger partial charge in [-0.05, 0) is 32.7 Å². The largest absolute Gasteiger partial charge is 0.492 e. The van der Waals surface area contributed by atoms with Crippen LogP contribution >= 0.6 is 0 Å². The summed E-state index contributed by atoms with van der Waals surface area (Å²) in [7, 11) is 1.53. The number of nitrogens with one attached hydrogen (secondary N) is 1. The molecule has 2 N–H and O–H groups in total. The lowest BCUT2D eigenvalue weighted by Crippen LogP contribution is -2.47. The van der Waals surface area contributed by atoms with E-state index in [9.17, 15) is 9.90 Å². The standard InChI is InChI=1S/C19H27NO6/c1-10-13-14-12(6-4-8-20-14)25-19(13,7-5-9-21)26-16(10)17-15(23-3)11(2)18(22)24-17/h10,12-14,20-21H,4-9H2,1-3H3/b17-16-/t10-,12+,13+,14-,19+/m0/s1. The van der Waals surface area contributed by atoms with Gasteiger partial charge < -0.3 is 29.4 Å². The van der Waals surface area contributed by atoms with Crippen LogP contribution in [0.4, 0.5) is 0 Å². The molecular weight excluding hydrogens is 338 g/mol. The smallest absolute Gasteiger partial charge is 0.343 e. The maximum Gasteiger partial charge on any atom is 0.343 e. The van der Waals surface area contributed by atoms with Crippen LogP contribution in [0.5, 0.6) is 0 Å². The first-order valence-corrected chi connectivity index (χ1v) is 9.45. The Morgan fingerprint density at radius 2 is 2.23 bits per heavy atom. The number of cyclic esters (lactones) is 1. The highest BCUT2D eigenvalue weighted by Crippen LogP contribution is 2.56. The summed E-state index contributed by atoms with van der Waals surface area (Å²) in [5.41, 5.74) is 0.446. The quantitative estimate of drug-likeness (QED) is 0.732. The molecule has 0 aliphatic carbocycles. The predicted octanol–water partition coefficient (Wildman–Crippen LogP) is 1.58. The van der Waals surface area contributed by atoms with Crippen LogP contribution < -0.4 is 5.32 Å². The molecule has 0 unspecified atom stereocenters. The third-order valence-corrected chi connectivity index (χ3v) is 6.09. The number of esters is 1. The normalized spacial score (nSPS) is 41.8. The topological polar surface area (TPSA) is 86.3 Å². The molecule has 7 heteroatoms. The van der Waals surface area contributed by atoms with Crippen molar-refractivity contribution in [2.75, 3.05) is 20.3 Å². The molecule has 0 spiro atoms. The molecule has 0 radical (unpaired) electrons. The summed E-state index contributed by atoms with van der Waals surface area (Å²) in [6.45, 7) is 4.82. The zero-order valence-corrected chi connectivity index (χ0v) is 15.5. The number of fused-ring (bicyclic) bond motifs is 3. The van der Waals surface area contributed by atoms with Gasteiger partial charge >= 0.3 is 5.97 Å². The summed E-state index contributed by atoms with van der Waals surface area (Å²) < 4.78 is 23.7. The molecule has 3 saturated heterocycles.